The van der Waals surface area contributed by atoms with E-state index in [4.69, 9.17) is 9.84 Å². The number of aromatic nitrogens is 2. The molecule has 1 fully saturated rings. The molecule has 1 aromatic heterocycles. The fourth-order valence-electron chi connectivity index (χ4n) is 3.33. The maximum atomic E-state index is 12.9. The van der Waals surface area contributed by atoms with E-state index in [9.17, 15) is 9.18 Å². The fourth-order valence-corrected chi connectivity index (χ4v) is 3.74. The van der Waals surface area contributed by atoms with Crippen LogP contribution in [0.4, 0.5) is 4.39 Å². The summed E-state index contributed by atoms with van der Waals surface area (Å²) < 4.78 is 19.2. The van der Waals surface area contributed by atoms with Crippen LogP contribution in [0.1, 0.15) is 59.4 Å². The Morgan fingerprint density at radius 2 is 2.07 bits per heavy atom. The summed E-state index contributed by atoms with van der Waals surface area (Å²) in [5, 5.41) is 9.11. The third-order valence-electron chi connectivity index (χ3n) is 4.72. The molecule has 0 spiro atoms. The minimum absolute atomic E-state index is 0.0822. The van der Waals surface area contributed by atoms with Gasteiger partial charge in [-0.2, -0.15) is 0 Å². The van der Waals surface area contributed by atoms with Crippen molar-refractivity contribution in [1.29, 1.82) is 0 Å². The molecule has 27 heavy (non-hydrogen) atoms. The monoisotopic (exact) mass is 390 g/mol. The number of carbonyl (C=O) groups is 1. The minimum atomic E-state index is -1.17. The van der Waals surface area contributed by atoms with Crippen molar-refractivity contribution in [3.63, 3.8) is 0 Å². The molecule has 0 saturated carbocycles. The molecule has 1 N–H and O–H groups in total. The van der Waals surface area contributed by atoms with Gasteiger partial charge < -0.3 is 9.84 Å². The van der Waals surface area contributed by atoms with Gasteiger partial charge in [0.2, 0.25) is 0 Å². The van der Waals surface area contributed by atoms with Crippen molar-refractivity contribution in [3.05, 3.63) is 53.1 Å². The van der Waals surface area contributed by atoms with E-state index >= 15 is 0 Å². The van der Waals surface area contributed by atoms with E-state index < -0.39 is 12.6 Å². The average Bonchev–Trinajstić information content (AvgIpc) is 2.72. The van der Waals surface area contributed by atoms with E-state index in [2.05, 4.69) is 40.5 Å². The number of carboxylic acid groups (broad SMARTS) is 1. The van der Waals surface area contributed by atoms with Crippen molar-refractivity contribution < 1.29 is 19.0 Å². The van der Waals surface area contributed by atoms with Gasteiger partial charge in [-0.15, -0.1) is 11.8 Å². The van der Waals surface area contributed by atoms with Gasteiger partial charge in [0.15, 0.2) is 11.5 Å². The number of aryl methyl sites for hydroxylation is 1. The summed E-state index contributed by atoms with van der Waals surface area (Å²) >= 11 is 1.72. The third kappa shape index (κ3) is 5.26. The van der Waals surface area contributed by atoms with Gasteiger partial charge in [0.25, 0.3) is 0 Å². The highest BCUT2D eigenvalue weighted by atomic mass is 32.2. The molecule has 0 aliphatic carbocycles. The van der Waals surface area contributed by atoms with Gasteiger partial charge in [0, 0.05) is 10.6 Å². The van der Waals surface area contributed by atoms with Gasteiger partial charge in [-0.05, 0) is 62.1 Å². The molecule has 1 aromatic carbocycles. The molecule has 0 amide bonds. The Balaban J connectivity index is 1.62. The molecule has 2 heterocycles. The van der Waals surface area contributed by atoms with Crippen LogP contribution in [0.2, 0.25) is 0 Å². The fraction of sp³-hybridized carbons (Fsp3) is 0.450. The highest BCUT2D eigenvalue weighted by Gasteiger charge is 2.24. The van der Waals surface area contributed by atoms with E-state index in [-0.39, 0.29) is 23.7 Å². The molecule has 0 unspecified atom stereocenters. The Bertz CT molecular complexity index is 785. The molecular formula is C20H23FN2O3S. The Morgan fingerprint density at radius 1 is 1.30 bits per heavy atom. The van der Waals surface area contributed by atoms with Gasteiger partial charge >= 0.3 is 5.97 Å². The molecule has 3 rings (SSSR count). The number of carboxylic acids is 1. The Labute approximate surface area is 162 Å². The topological polar surface area (TPSA) is 72.3 Å². The first-order valence-corrected chi connectivity index (χ1v) is 10.3. The molecule has 144 valence electrons. The van der Waals surface area contributed by atoms with E-state index in [1.165, 1.54) is 16.5 Å². The van der Waals surface area contributed by atoms with Gasteiger partial charge in [0.1, 0.15) is 6.67 Å². The smallest absolute Gasteiger partial charge is 0.354 e. The first-order valence-electron chi connectivity index (χ1n) is 9.04. The summed E-state index contributed by atoms with van der Waals surface area (Å²) in [6.45, 7) is -0.873. The molecular weight excluding hydrogens is 367 g/mol. The third-order valence-corrected chi connectivity index (χ3v) is 5.47. The quantitative estimate of drug-likeness (QED) is 0.696. The second-order valence-electron chi connectivity index (χ2n) is 6.59. The second kappa shape index (κ2) is 9.28. The van der Waals surface area contributed by atoms with Crippen molar-refractivity contribution >= 4 is 17.7 Å². The average molecular weight is 390 g/mol. The summed E-state index contributed by atoms with van der Waals surface area (Å²) in [6, 6.07) is 9.88. The second-order valence-corrected chi connectivity index (χ2v) is 7.47. The van der Waals surface area contributed by atoms with E-state index in [1.807, 2.05) is 0 Å². The largest absolute Gasteiger partial charge is 0.477 e. The number of hydrogen-bond acceptors (Lipinski definition) is 5. The molecule has 1 saturated heterocycles. The van der Waals surface area contributed by atoms with Gasteiger partial charge in [-0.25, -0.2) is 19.2 Å². The van der Waals surface area contributed by atoms with Crippen LogP contribution < -0.4 is 0 Å². The molecule has 1 aliphatic rings. The molecule has 0 bridgehead atoms. The number of rotatable bonds is 7. The highest BCUT2D eigenvalue weighted by molar-refractivity contribution is 7.98. The van der Waals surface area contributed by atoms with Crippen molar-refractivity contribution in [3.8, 4) is 0 Å². The minimum Gasteiger partial charge on any atom is -0.477 e. The summed E-state index contributed by atoms with van der Waals surface area (Å²) in [5.74, 6) is -1.25. The van der Waals surface area contributed by atoms with Gasteiger partial charge in [0.05, 0.1) is 12.2 Å². The zero-order chi connectivity index (χ0) is 19.2. The van der Waals surface area contributed by atoms with E-state index in [1.54, 1.807) is 11.8 Å². The predicted octanol–water partition coefficient (Wildman–Crippen LogP) is 4.61. The maximum Gasteiger partial charge on any atom is 0.354 e. The number of ether oxygens (including phenoxy) is 1. The standard InChI is InChI=1S/C20H23FN2O3S/c1-27-16-9-5-13(6-10-16)18-4-2-3-15(26-18)8-7-14-11-17(20(24)25)23-19(12-21)22-14/h5-6,9-11,15,18H,2-4,7-8,12H2,1H3,(H,24,25)/t15-,18+/m1/s1. The number of hydrogen-bond donors (Lipinski definition) is 1. The van der Waals surface area contributed by atoms with Crippen molar-refractivity contribution in [1.82, 2.24) is 9.97 Å². The van der Waals surface area contributed by atoms with Crippen LogP contribution in [-0.2, 0) is 17.8 Å². The van der Waals surface area contributed by atoms with Crippen LogP contribution in [0.25, 0.3) is 0 Å². The van der Waals surface area contributed by atoms with E-state index in [0.29, 0.717) is 12.1 Å². The zero-order valence-electron chi connectivity index (χ0n) is 15.2. The molecule has 0 radical (unpaired) electrons. The van der Waals surface area contributed by atoms with Crippen molar-refractivity contribution in [2.75, 3.05) is 6.26 Å². The Morgan fingerprint density at radius 3 is 2.74 bits per heavy atom. The molecule has 2 atom stereocenters. The van der Waals surface area contributed by atoms with Crippen LogP contribution in [0, 0.1) is 0 Å². The summed E-state index contributed by atoms with van der Waals surface area (Å²) in [5.41, 5.74) is 1.57. The lowest BCUT2D eigenvalue weighted by atomic mass is 9.96. The number of thioether (sulfide) groups is 1. The number of nitrogens with zero attached hydrogens (tertiary/aromatic N) is 2. The first kappa shape index (κ1) is 19.8. The zero-order valence-corrected chi connectivity index (χ0v) is 16.0. The summed E-state index contributed by atoms with van der Waals surface area (Å²) in [6.07, 6.45) is 6.53. The van der Waals surface area contributed by atoms with Crippen LogP contribution in [0.3, 0.4) is 0 Å². The lowest BCUT2D eigenvalue weighted by Gasteiger charge is -2.30. The predicted molar refractivity (Wildman–Crippen MR) is 102 cm³/mol. The van der Waals surface area contributed by atoms with Gasteiger partial charge in [-0.3, -0.25) is 0 Å². The number of alkyl halides is 1. The van der Waals surface area contributed by atoms with E-state index in [0.717, 1.165) is 25.7 Å². The molecule has 7 heteroatoms. The number of halogens is 1. The SMILES string of the molecule is CSc1ccc([C@@H]2CCC[C@H](CCc3cc(C(=O)O)nc(CF)n3)O2)cc1. The van der Waals surface area contributed by atoms with Crippen molar-refractivity contribution in [2.45, 2.75) is 55.9 Å². The summed E-state index contributed by atoms with van der Waals surface area (Å²) in [4.78, 5) is 20.2. The van der Waals surface area contributed by atoms with Crippen LogP contribution >= 0.6 is 11.8 Å². The number of benzene rings is 1. The molecule has 5 nitrogen and oxygen atoms in total. The van der Waals surface area contributed by atoms with Crippen molar-refractivity contribution in [2.24, 2.45) is 0 Å². The summed E-state index contributed by atoms with van der Waals surface area (Å²) in [7, 11) is 0. The number of aromatic carboxylic acids is 1. The lowest BCUT2D eigenvalue weighted by Crippen LogP contribution is -2.23. The lowest BCUT2D eigenvalue weighted by molar-refractivity contribution is -0.0547. The maximum absolute atomic E-state index is 12.9. The molecule has 1 aliphatic heterocycles. The normalized spacial score (nSPS) is 19.8. The van der Waals surface area contributed by atoms with Gasteiger partial charge in [-0.1, -0.05) is 12.1 Å². The first-order chi connectivity index (χ1) is 13.1. The highest BCUT2D eigenvalue weighted by Crippen LogP contribution is 2.33. The molecule has 2 aromatic rings. The van der Waals surface area contributed by atoms with Crippen LogP contribution in [0.15, 0.2) is 35.2 Å². The Hall–Kier alpha value is -1.99. The van der Waals surface area contributed by atoms with Crippen LogP contribution in [0.5, 0.6) is 0 Å². The Kier molecular flexibility index (Phi) is 6.79. The van der Waals surface area contributed by atoms with Crippen LogP contribution in [-0.4, -0.2) is 33.4 Å².